The molecule has 1 atom stereocenters. The van der Waals surface area contributed by atoms with Crippen molar-refractivity contribution in [3.63, 3.8) is 0 Å². The highest BCUT2D eigenvalue weighted by Crippen LogP contribution is 2.26. The molecule has 2 amide bonds. The molecule has 1 unspecified atom stereocenters. The SMILES string of the molecule is CCC(C(=O)NC)N(Cc1ccc(F)cc1)C(=O)CN(c1ccc(F)cc1)S(=O)(=O)c1ccc(OC)cc1. The van der Waals surface area contributed by atoms with Crippen LogP contribution in [0.3, 0.4) is 0 Å². The lowest BCUT2D eigenvalue weighted by Crippen LogP contribution is -2.51. The van der Waals surface area contributed by atoms with Gasteiger partial charge in [-0.2, -0.15) is 0 Å². The molecule has 1 N–H and O–H groups in total. The van der Waals surface area contributed by atoms with E-state index in [1.807, 2.05) is 0 Å². The molecule has 0 aromatic heterocycles. The number of hydrogen-bond acceptors (Lipinski definition) is 5. The third kappa shape index (κ3) is 6.65. The van der Waals surface area contributed by atoms with Crippen LogP contribution in [0, 0.1) is 11.6 Å². The Morgan fingerprint density at radius 3 is 1.97 bits per heavy atom. The number of anilines is 1. The number of halogens is 2. The van der Waals surface area contributed by atoms with Gasteiger partial charge in [0.25, 0.3) is 10.0 Å². The summed E-state index contributed by atoms with van der Waals surface area (Å²) in [6.07, 6.45) is 0.244. The number of benzene rings is 3. The maximum atomic E-state index is 13.7. The summed E-state index contributed by atoms with van der Waals surface area (Å²) in [7, 11) is -1.42. The molecule has 0 heterocycles. The average Bonchev–Trinajstić information content (AvgIpc) is 2.92. The van der Waals surface area contributed by atoms with E-state index in [1.54, 1.807) is 6.92 Å². The molecule has 8 nitrogen and oxygen atoms in total. The number of amides is 2. The van der Waals surface area contributed by atoms with E-state index in [0.29, 0.717) is 11.3 Å². The monoisotopic (exact) mass is 545 g/mol. The molecule has 3 aromatic carbocycles. The van der Waals surface area contributed by atoms with Crippen LogP contribution in [0.25, 0.3) is 0 Å². The van der Waals surface area contributed by atoms with Gasteiger partial charge >= 0.3 is 0 Å². The lowest BCUT2D eigenvalue weighted by atomic mass is 10.1. The number of hydrogen-bond donors (Lipinski definition) is 1. The molecular formula is C27H29F2N3O5S. The molecule has 3 rings (SSSR count). The van der Waals surface area contributed by atoms with Crippen LogP contribution < -0.4 is 14.4 Å². The predicted octanol–water partition coefficient (Wildman–Crippen LogP) is 3.72. The van der Waals surface area contributed by atoms with Crippen LogP contribution >= 0.6 is 0 Å². The number of sulfonamides is 1. The van der Waals surface area contributed by atoms with Gasteiger partial charge in [0.2, 0.25) is 11.8 Å². The number of likely N-dealkylation sites (N-methyl/N-ethyl adjacent to an activating group) is 1. The maximum Gasteiger partial charge on any atom is 0.264 e. The molecule has 0 aliphatic rings. The van der Waals surface area contributed by atoms with E-state index < -0.39 is 46.1 Å². The molecule has 0 bridgehead atoms. The smallest absolute Gasteiger partial charge is 0.264 e. The summed E-state index contributed by atoms with van der Waals surface area (Å²) in [6.45, 7) is 0.982. The molecule has 0 spiro atoms. The highest BCUT2D eigenvalue weighted by molar-refractivity contribution is 7.92. The van der Waals surface area contributed by atoms with Gasteiger partial charge in [-0.25, -0.2) is 17.2 Å². The molecule has 0 aliphatic heterocycles. The molecule has 38 heavy (non-hydrogen) atoms. The Morgan fingerprint density at radius 2 is 1.47 bits per heavy atom. The first kappa shape index (κ1) is 28.6. The van der Waals surface area contributed by atoms with E-state index >= 15 is 0 Å². The standard InChI is InChI=1S/C27H29F2N3O5S/c1-4-25(27(34)30-2)31(17-19-5-7-20(28)8-6-19)26(33)18-32(22-11-9-21(29)10-12-22)38(35,36)24-15-13-23(37-3)14-16-24/h5-16,25H,4,17-18H2,1-3H3,(H,30,34). The molecule has 11 heteroatoms. The molecule has 0 saturated carbocycles. The summed E-state index contributed by atoms with van der Waals surface area (Å²) < 4.78 is 60.5. The molecule has 202 valence electrons. The van der Waals surface area contributed by atoms with Crippen molar-refractivity contribution >= 4 is 27.5 Å². The van der Waals surface area contributed by atoms with E-state index in [1.165, 1.54) is 79.7 Å². The van der Waals surface area contributed by atoms with Gasteiger partial charge in [-0.05, 0) is 72.6 Å². The van der Waals surface area contributed by atoms with Crippen molar-refractivity contribution in [2.75, 3.05) is 25.0 Å². The summed E-state index contributed by atoms with van der Waals surface area (Å²) in [5.74, 6) is -1.71. The first-order valence-electron chi connectivity index (χ1n) is 11.8. The van der Waals surface area contributed by atoms with Crippen molar-refractivity contribution < 1.29 is 31.5 Å². The number of nitrogens with zero attached hydrogens (tertiary/aromatic N) is 2. The number of rotatable bonds is 11. The number of nitrogens with one attached hydrogen (secondary N) is 1. The van der Waals surface area contributed by atoms with Gasteiger partial charge in [0, 0.05) is 13.6 Å². The second kappa shape index (κ2) is 12.5. The van der Waals surface area contributed by atoms with Crippen LogP contribution in [-0.4, -0.2) is 51.9 Å². The average molecular weight is 546 g/mol. The largest absolute Gasteiger partial charge is 0.497 e. The minimum Gasteiger partial charge on any atom is -0.497 e. The van der Waals surface area contributed by atoms with E-state index in [4.69, 9.17) is 4.74 Å². The lowest BCUT2D eigenvalue weighted by Gasteiger charge is -2.33. The van der Waals surface area contributed by atoms with E-state index in [9.17, 15) is 26.8 Å². The normalized spacial score (nSPS) is 11.9. The lowest BCUT2D eigenvalue weighted by molar-refractivity contribution is -0.140. The Kier molecular flexibility index (Phi) is 9.40. The Balaban J connectivity index is 2.04. The van der Waals surface area contributed by atoms with Gasteiger partial charge in [0.1, 0.15) is 30.0 Å². The summed E-state index contributed by atoms with van der Waals surface area (Å²) in [5.41, 5.74) is 0.610. The highest BCUT2D eigenvalue weighted by atomic mass is 32.2. The Morgan fingerprint density at radius 1 is 0.921 bits per heavy atom. The third-order valence-corrected chi connectivity index (χ3v) is 7.73. The fourth-order valence-corrected chi connectivity index (χ4v) is 5.30. The Bertz CT molecular complexity index is 1350. The fourth-order valence-electron chi connectivity index (χ4n) is 3.88. The van der Waals surface area contributed by atoms with E-state index in [0.717, 1.165) is 16.4 Å². The number of carbonyl (C=O) groups is 2. The van der Waals surface area contributed by atoms with Crippen molar-refractivity contribution in [1.29, 1.82) is 0 Å². The minimum atomic E-state index is -4.30. The Labute approximate surface area is 220 Å². The predicted molar refractivity (Wildman–Crippen MR) is 139 cm³/mol. The Hall–Kier alpha value is -3.99. The van der Waals surface area contributed by atoms with E-state index in [-0.39, 0.29) is 23.5 Å². The molecule has 0 fully saturated rings. The van der Waals surface area contributed by atoms with Gasteiger partial charge in [-0.3, -0.25) is 13.9 Å². The van der Waals surface area contributed by atoms with Crippen LogP contribution in [0.5, 0.6) is 5.75 Å². The third-order valence-electron chi connectivity index (χ3n) is 5.94. The van der Waals surface area contributed by atoms with Crippen LogP contribution in [0.4, 0.5) is 14.5 Å². The fraction of sp³-hybridized carbons (Fsp3) is 0.259. The molecule has 0 radical (unpaired) electrons. The van der Waals surface area contributed by atoms with Crippen LogP contribution in [0.15, 0.2) is 77.7 Å². The summed E-state index contributed by atoms with van der Waals surface area (Å²) in [6, 6.07) is 14.8. The van der Waals surface area contributed by atoms with Crippen molar-refractivity contribution in [2.24, 2.45) is 0 Å². The first-order valence-corrected chi connectivity index (χ1v) is 13.2. The van der Waals surface area contributed by atoms with Gasteiger partial charge in [-0.1, -0.05) is 19.1 Å². The zero-order valence-corrected chi connectivity index (χ0v) is 22.0. The quantitative estimate of drug-likeness (QED) is 0.396. The van der Waals surface area contributed by atoms with Gasteiger partial charge < -0.3 is 15.0 Å². The van der Waals surface area contributed by atoms with Crippen molar-refractivity contribution in [3.8, 4) is 5.75 Å². The number of ether oxygens (including phenoxy) is 1. The van der Waals surface area contributed by atoms with Crippen molar-refractivity contribution in [3.05, 3.63) is 90.0 Å². The summed E-state index contributed by atoms with van der Waals surface area (Å²) >= 11 is 0. The summed E-state index contributed by atoms with van der Waals surface area (Å²) in [5, 5.41) is 2.53. The number of methoxy groups -OCH3 is 1. The first-order chi connectivity index (χ1) is 18.1. The zero-order chi connectivity index (χ0) is 27.9. The van der Waals surface area contributed by atoms with Crippen LogP contribution in [0.2, 0.25) is 0 Å². The van der Waals surface area contributed by atoms with Gasteiger partial charge in [-0.15, -0.1) is 0 Å². The van der Waals surface area contributed by atoms with Crippen molar-refractivity contribution in [1.82, 2.24) is 10.2 Å². The van der Waals surface area contributed by atoms with Crippen LogP contribution in [0.1, 0.15) is 18.9 Å². The number of carbonyl (C=O) groups excluding carboxylic acids is 2. The minimum absolute atomic E-state index is 0.0605. The second-order valence-electron chi connectivity index (χ2n) is 8.35. The van der Waals surface area contributed by atoms with Gasteiger partial charge in [0.15, 0.2) is 0 Å². The van der Waals surface area contributed by atoms with Crippen LogP contribution in [-0.2, 0) is 26.2 Å². The van der Waals surface area contributed by atoms with Gasteiger partial charge in [0.05, 0.1) is 17.7 Å². The topological polar surface area (TPSA) is 96.0 Å². The van der Waals surface area contributed by atoms with E-state index in [2.05, 4.69) is 5.32 Å². The molecular weight excluding hydrogens is 516 g/mol. The van der Waals surface area contributed by atoms with Crippen molar-refractivity contribution in [2.45, 2.75) is 30.8 Å². The maximum absolute atomic E-state index is 13.7. The second-order valence-corrected chi connectivity index (χ2v) is 10.2. The zero-order valence-electron chi connectivity index (χ0n) is 21.2. The molecule has 0 aliphatic carbocycles. The summed E-state index contributed by atoms with van der Waals surface area (Å²) in [4.78, 5) is 27.5. The highest BCUT2D eigenvalue weighted by Gasteiger charge is 2.33. The molecule has 3 aromatic rings. The molecule has 0 saturated heterocycles.